The van der Waals surface area contributed by atoms with Gasteiger partial charge in [0.15, 0.2) is 11.6 Å². The van der Waals surface area contributed by atoms with Crippen LogP contribution in [0.1, 0.15) is 25.6 Å². The zero-order valence-electron chi connectivity index (χ0n) is 9.92. The lowest BCUT2D eigenvalue weighted by Gasteiger charge is -2.08. The van der Waals surface area contributed by atoms with Crippen LogP contribution in [0, 0.1) is 11.6 Å². The largest absolute Gasteiger partial charge is 0.232 e. The van der Waals surface area contributed by atoms with E-state index in [9.17, 15) is 8.78 Å². The molecule has 0 amide bonds. The van der Waals surface area contributed by atoms with Gasteiger partial charge in [-0.3, -0.25) is 0 Å². The summed E-state index contributed by atoms with van der Waals surface area (Å²) in [7, 11) is 0. The van der Waals surface area contributed by atoms with Crippen LogP contribution in [0.5, 0.6) is 0 Å². The summed E-state index contributed by atoms with van der Waals surface area (Å²) in [4.78, 5) is 8.25. The van der Waals surface area contributed by atoms with Crippen molar-refractivity contribution in [3.8, 4) is 11.3 Å². The summed E-state index contributed by atoms with van der Waals surface area (Å²) in [5, 5.41) is 0.215. The lowest BCUT2D eigenvalue weighted by atomic mass is 10.1. The number of rotatable bonds is 2. The van der Waals surface area contributed by atoms with Crippen LogP contribution >= 0.6 is 11.6 Å². The molecule has 18 heavy (non-hydrogen) atoms. The maximum absolute atomic E-state index is 13.7. The van der Waals surface area contributed by atoms with E-state index in [4.69, 9.17) is 11.6 Å². The molecular formula is C13H11ClF2N2. The monoisotopic (exact) mass is 268 g/mol. The van der Waals surface area contributed by atoms with Crippen LogP contribution in [0.4, 0.5) is 8.78 Å². The lowest BCUT2D eigenvalue weighted by Crippen LogP contribution is -2.00. The summed E-state index contributed by atoms with van der Waals surface area (Å²) in [5.41, 5.74) is 0.372. The standard InChI is InChI=1S/C13H11ClF2N2/c1-7(2)13-17-10(6-11(14)18-13)8-4-3-5-9(15)12(8)16/h3-7H,1-2H3. The number of hydrogen-bond acceptors (Lipinski definition) is 2. The molecule has 0 saturated heterocycles. The summed E-state index contributed by atoms with van der Waals surface area (Å²) in [6, 6.07) is 5.37. The average Bonchev–Trinajstić information content (AvgIpc) is 2.31. The second-order valence-electron chi connectivity index (χ2n) is 4.19. The fourth-order valence-corrected chi connectivity index (χ4v) is 1.72. The van der Waals surface area contributed by atoms with Crippen LogP contribution < -0.4 is 0 Å². The zero-order valence-corrected chi connectivity index (χ0v) is 10.7. The van der Waals surface area contributed by atoms with Crippen molar-refractivity contribution in [1.82, 2.24) is 9.97 Å². The molecule has 0 radical (unpaired) electrons. The third kappa shape index (κ3) is 2.48. The van der Waals surface area contributed by atoms with Crippen molar-refractivity contribution in [1.29, 1.82) is 0 Å². The Kier molecular flexibility index (Phi) is 3.57. The Morgan fingerprint density at radius 2 is 1.89 bits per heavy atom. The first kappa shape index (κ1) is 12.9. The molecule has 0 fully saturated rings. The van der Waals surface area contributed by atoms with Gasteiger partial charge >= 0.3 is 0 Å². The Bertz CT molecular complexity index is 585. The maximum Gasteiger partial charge on any atom is 0.168 e. The molecule has 0 aliphatic carbocycles. The van der Waals surface area contributed by atoms with Crippen molar-refractivity contribution < 1.29 is 8.78 Å². The minimum Gasteiger partial charge on any atom is -0.232 e. The number of nitrogens with zero attached hydrogens (tertiary/aromatic N) is 2. The van der Waals surface area contributed by atoms with Crippen molar-refractivity contribution in [3.05, 3.63) is 46.9 Å². The highest BCUT2D eigenvalue weighted by Crippen LogP contribution is 2.25. The molecule has 94 valence electrons. The van der Waals surface area contributed by atoms with Gasteiger partial charge in [-0.2, -0.15) is 0 Å². The van der Waals surface area contributed by atoms with E-state index in [0.29, 0.717) is 5.82 Å². The van der Waals surface area contributed by atoms with Crippen LogP contribution in [-0.4, -0.2) is 9.97 Å². The Hall–Kier alpha value is -1.55. The smallest absolute Gasteiger partial charge is 0.168 e. The molecule has 0 saturated carbocycles. The van der Waals surface area contributed by atoms with Gasteiger partial charge in [0.25, 0.3) is 0 Å². The van der Waals surface area contributed by atoms with E-state index in [1.807, 2.05) is 13.8 Å². The van der Waals surface area contributed by atoms with Crippen molar-refractivity contribution in [2.24, 2.45) is 0 Å². The highest BCUT2D eigenvalue weighted by Gasteiger charge is 2.14. The molecule has 0 bridgehead atoms. The molecular weight excluding hydrogens is 258 g/mol. The van der Waals surface area contributed by atoms with Gasteiger partial charge in [0, 0.05) is 17.5 Å². The van der Waals surface area contributed by atoms with Crippen molar-refractivity contribution in [2.45, 2.75) is 19.8 Å². The summed E-state index contributed by atoms with van der Waals surface area (Å²) >= 11 is 5.87. The fourth-order valence-electron chi connectivity index (χ4n) is 1.53. The van der Waals surface area contributed by atoms with Gasteiger partial charge in [-0.1, -0.05) is 31.5 Å². The Labute approximate surface area is 109 Å². The number of hydrogen-bond donors (Lipinski definition) is 0. The van der Waals surface area contributed by atoms with Gasteiger partial charge in [-0.05, 0) is 12.1 Å². The van der Waals surface area contributed by atoms with Gasteiger partial charge in [-0.25, -0.2) is 18.7 Å². The Balaban J connectivity index is 2.60. The first-order valence-electron chi connectivity index (χ1n) is 5.48. The van der Waals surface area contributed by atoms with E-state index in [0.717, 1.165) is 6.07 Å². The molecule has 2 aromatic rings. The number of halogens is 3. The molecule has 0 aliphatic rings. The van der Waals surface area contributed by atoms with Crippen LogP contribution in [0.15, 0.2) is 24.3 Å². The first-order chi connectivity index (χ1) is 8.49. The van der Waals surface area contributed by atoms with Gasteiger partial charge in [0.2, 0.25) is 0 Å². The molecule has 0 aliphatic heterocycles. The summed E-state index contributed by atoms with van der Waals surface area (Å²) in [5.74, 6) is -1.28. The second-order valence-corrected chi connectivity index (χ2v) is 4.58. The third-order valence-corrected chi connectivity index (χ3v) is 2.65. The van der Waals surface area contributed by atoms with Gasteiger partial charge in [-0.15, -0.1) is 0 Å². The minimum absolute atomic E-state index is 0.0547. The van der Waals surface area contributed by atoms with E-state index in [2.05, 4.69) is 9.97 Å². The molecule has 1 aromatic carbocycles. The van der Waals surface area contributed by atoms with Gasteiger partial charge in [0.05, 0.1) is 5.69 Å². The van der Waals surface area contributed by atoms with E-state index in [1.54, 1.807) is 0 Å². The maximum atomic E-state index is 13.7. The first-order valence-corrected chi connectivity index (χ1v) is 5.85. The predicted molar refractivity (Wildman–Crippen MR) is 66.5 cm³/mol. The highest BCUT2D eigenvalue weighted by atomic mass is 35.5. The normalized spacial score (nSPS) is 11.0. The van der Waals surface area contributed by atoms with Crippen molar-refractivity contribution >= 4 is 11.6 Å². The SMILES string of the molecule is CC(C)c1nc(Cl)cc(-c2cccc(F)c2F)n1. The highest BCUT2D eigenvalue weighted by molar-refractivity contribution is 6.29. The van der Waals surface area contributed by atoms with Crippen molar-refractivity contribution in [2.75, 3.05) is 0 Å². The molecule has 0 spiro atoms. The fraction of sp³-hybridized carbons (Fsp3) is 0.231. The quantitative estimate of drug-likeness (QED) is 0.763. The van der Waals surface area contributed by atoms with Gasteiger partial charge < -0.3 is 0 Å². The predicted octanol–water partition coefficient (Wildman–Crippen LogP) is 4.20. The van der Waals surface area contributed by atoms with Crippen LogP contribution in [0.25, 0.3) is 11.3 Å². The molecule has 2 rings (SSSR count). The number of benzene rings is 1. The molecule has 1 heterocycles. The summed E-state index contributed by atoms with van der Waals surface area (Å²) in [6.45, 7) is 3.80. The molecule has 0 atom stereocenters. The average molecular weight is 269 g/mol. The lowest BCUT2D eigenvalue weighted by molar-refractivity contribution is 0.511. The van der Waals surface area contributed by atoms with E-state index < -0.39 is 11.6 Å². The van der Waals surface area contributed by atoms with Crippen molar-refractivity contribution in [3.63, 3.8) is 0 Å². The van der Waals surface area contributed by atoms with E-state index >= 15 is 0 Å². The van der Waals surface area contributed by atoms with Crippen LogP contribution in [-0.2, 0) is 0 Å². The van der Waals surface area contributed by atoms with E-state index in [1.165, 1.54) is 18.2 Å². The molecule has 5 heteroatoms. The van der Waals surface area contributed by atoms with Crippen LogP contribution in [0.3, 0.4) is 0 Å². The van der Waals surface area contributed by atoms with Gasteiger partial charge in [0.1, 0.15) is 11.0 Å². The Morgan fingerprint density at radius 3 is 2.56 bits per heavy atom. The van der Waals surface area contributed by atoms with Crippen LogP contribution in [0.2, 0.25) is 5.15 Å². The molecule has 2 nitrogen and oxygen atoms in total. The minimum atomic E-state index is -0.929. The third-order valence-electron chi connectivity index (χ3n) is 2.46. The zero-order chi connectivity index (χ0) is 13.3. The topological polar surface area (TPSA) is 25.8 Å². The molecule has 0 N–H and O–H groups in total. The molecule has 0 unspecified atom stereocenters. The summed E-state index contributed by atoms with van der Waals surface area (Å²) in [6.07, 6.45) is 0. The molecule has 1 aromatic heterocycles. The number of aromatic nitrogens is 2. The van der Waals surface area contributed by atoms with E-state index in [-0.39, 0.29) is 22.3 Å². The second kappa shape index (κ2) is 4.98. The summed E-state index contributed by atoms with van der Waals surface area (Å²) < 4.78 is 26.8. The Morgan fingerprint density at radius 1 is 1.17 bits per heavy atom.